The van der Waals surface area contributed by atoms with Crippen molar-refractivity contribution in [2.45, 2.75) is 18.8 Å². The molecule has 0 aliphatic carbocycles. The number of carbonyl (C=O) groups is 1. The normalized spacial score (nSPS) is 12.6. The third-order valence-electron chi connectivity index (χ3n) is 3.77. The number of alkyl halides is 3. The second kappa shape index (κ2) is 7.93. The van der Waals surface area contributed by atoms with Crippen LogP contribution in [0.2, 0.25) is 5.02 Å². The predicted octanol–water partition coefficient (Wildman–Crippen LogP) is 4.97. The van der Waals surface area contributed by atoms with Gasteiger partial charge in [0.25, 0.3) is 0 Å². The molecule has 0 bridgehead atoms. The molecule has 0 saturated heterocycles. The first kappa shape index (κ1) is 19.8. The lowest BCUT2D eigenvalue weighted by molar-refractivity contribution is -0.145. The van der Waals surface area contributed by atoms with Crippen molar-refractivity contribution in [2.75, 3.05) is 0 Å². The highest BCUT2D eigenvalue weighted by atomic mass is 35.5. The van der Waals surface area contributed by atoms with E-state index >= 15 is 0 Å². The molecular weight excluding hydrogens is 397 g/mol. The van der Waals surface area contributed by atoms with Gasteiger partial charge in [-0.1, -0.05) is 41.9 Å². The van der Waals surface area contributed by atoms with E-state index in [4.69, 9.17) is 16.3 Å². The Labute approximate surface area is 162 Å². The molecule has 0 amide bonds. The van der Waals surface area contributed by atoms with E-state index in [-0.39, 0.29) is 17.0 Å². The van der Waals surface area contributed by atoms with Gasteiger partial charge in [-0.3, -0.25) is 4.68 Å². The second-order valence-corrected chi connectivity index (χ2v) is 6.34. The molecule has 3 aromatic rings. The van der Waals surface area contributed by atoms with E-state index in [1.807, 2.05) is 0 Å². The first-order valence-electron chi connectivity index (χ1n) is 8.07. The average Bonchev–Trinajstić information content (AvgIpc) is 3.07. The molecule has 1 aromatic heterocycles. The van der Waals surface area contributed by atoms with Crippen molar-refractivity contribution >= 4 is 17.6 Å². The summed E-state index contributed by atoms with van der Waals surface area (Å²) in [5.41, 5.74) is 0.882. The summed E-state index contributed by atoms with van der Waals surface area (Å²) < 4.78 is 44.1. The van der Waals surface area contributed by atoms with Crippen molar-refractivity contribution in [2.24, 2.45) is 0 Å². The lowest BCUT2D eigenvalue weighted by atomic mass is 10.1. The minimum Gasteiger partial charge on any atom is -0.478 e. The Balaban J connectivity index is 1.96. The Hall–Kier alpha value is -3.00. The molecule has 1 heterocycles. The molecule has 0 aliphatic heterocycles. The van der Waals surface area contributed by atoms with Crippen LogP contribution in [0.1, 0.15) is 11.7 Å². The zero-order valence-electron chi connectivity index (χ0n) is 14.2. The first-order valence-corrected chi connectivity index (χ1v) is 8.45. The number of benzene rings is 2. The molecule has 28 heavy (non-hydrogen) atoms. The van der Waals surface area contributed by atoms with E-state index in [9.17, 15) is 23.1 Å². The lowest BCUT2D eigenvalue weighted by Crippen LogP contribution is -2.18. The van der Waals surface area contributed by atoms with E-state index in [1.54, 1.807) is 30.3 Å². The van der Waals surface area contributed by atoms with E-state index in [0.717, 1.165) is 4.68 Å². The second-order valence-electron chi connectivity index (χ2n) is 5.90. The Kier molecular flexibility index (Phi) is 5.60. The fraction of sp³-hybridized carbons (Fsp3) is 0.158. The van der Waals surface area contributed by atoms with Crippen LogP contribution in [0.15, 0.2) is 60.8 Å². The Bertz CT molecular complexity index is 974. The van der Waals surface area contributed by atoms with Crippen LogP contribution in [0.3, 0.4) is 0 Å². The molecular formula is C19H14ClF3N2O3. The van der Waals surface area contributed by atoms with Gasteiger partial charge in [-0.05, 0) is 24.3 Å². The fourth-order valence-electron chi connectivity index (χ4n) is 2.60. The third-order valence-corrected chi connectivity index (χ3v) is 4.01. The van der Waals surface area contributed by atoms with Gasteiger partial charge < -0.3 is 9.84 Å². The quantitative estimate of drug-likeness (QED) is 0.623. The van der Waals surface area contributed by atoms with Gasteiger partial charge in [0.15, 0.2) is 0 Å². The highest BCUT2D eigenvalue weighted by Gasteiger charge is 2.29. The van der Waals surface area contributed by atoms with E-state index in [0.29, 0.717) is 10.6 Å². The van der Waals surface area contributed by atoms with Gasteiger partial charge in [-0.25, -0.2) is 4.79 Å². The van der Waals surface area contributed by atoms with Gasteiger partial charge >= 0.3 is 12.1 Å². The van der Waals surface area contributed by atoms with Crippen LogP contribution in [0.4, 0.5) is 13.2 Å². The van der Waals surface area contributed by atoms with Crippen molar-refractivity contribution in [3.8, 4) is 17.0 Å². The van der Waals surface area contributed by atoms with Crippen LogP contribution < -0.4 is 4.74 Å². The highest BCUT2D eigenvalue weighted by Crippen LogP contribution is 2.35. The number of hydrogen-bond donors (Lipinski definition) is 1. The third kappa shape index (κ3) is 4.83. The molecule has 0 spiro atoms. The van der Waals surface area contributed by atoms with E-state index < -0.39 is 24.8 Å². The number of aromatic nitrogens is 2. The smallest absolute Gasteiger partial charge is 0.408 e. The van der Waals surface area contributed by atoms with Gasteiger partial charge in [0.2, 0.25) is 6.10 Å². The maximum Gasteiger partial charge on any atom is 0.408 e. The number of halogens is 4. The monoisotopic (exact) mass is 410 g/mol. The molecule has 146 valence electrons. The molecule has 1 unspecified atom stereocenters. The van der Waals surface area contributed by atoms with Crippen molar-refractivity contribution < 1.29 is 27.8 Å². The van der Waals surface area contributed by atoms with E-state index in [1.165, 1.54) is 30.5 Å². The van der Waals surface area contributed by atoms with Gasteiger partial charge in [-0.2, -0.15) is 18.3 Å². The van der Waals surface area contributed by atoms with Crippen LogP contribution in [0.25, 0.3) is 11.3 Å². The zero-order valence-corrected chi connectivity index (χ0v) is 15.0. The number of ether oxygens (including phenoxy) is 1. The average molecular weight is 411 g/mol. The number of carboxylic acid groups (broad SMARTS) is 1. The summed E-state index contributed by atoms with van der Waals surface area (Å²) in [5.74, 6) is -1.08. The maximum atomic E-state index is 12.6. The summed E-state index contributed by atoms with van der Waals surface area (Å²) in [7, 11) is 0. The summed E-state index contributed by atoms with van der Waals surface area (Å²) in [4.78, 5) is 11.7. The number of nitrogens with zero attached hydrogens (tertiary/aromatic N) is 2. The molecule has 1 N–H and O–H groups in total. The van der Waals surface area contributed by atoms with Crippen LogP contribution in [-0.4, -0.2) is 27.0 Å². The highest BCUT2D eigenvalue weighted by molar-refractivity contribution is 6.30. The first-order chi connectivity index (χ1) is 13.2. The molecule has 1 atom stereocenters. The largest absolute Gasteiger partial charge is 0.478 e. The molecule has 0 fully saturated rings. The summed E-state index contributed by atoms with van der Waals surface area (Å²) in [6.45, 7) is -1.24. The molecule has 0 aliphatic rings. The summed E-state index contributed by atoms with van der Waals surface area (Å²) >= 11 is 6.01. The summed E-state index contributed by atoms with van der Waals surface area (Å²) in [5, 5.41) is 13.7. The number of aliphatic carboxylic acids is 1. The van der Waals surface area contributed by atoms with Crippen LogP contribution in [0, 0.1) is 0 Å². The van der Waals surface area contributed by atoms with Gasteiger partial charge in [0, 0.05) is 22.3 Å². The standard InChI is InChI=1S/C19H14ClF3N2O3/c20-13-6-7-16(28-17(18(26)27)12-4-2-1-3-5-12)14(10-13)15-8-9-25(24-15)11-19(21,22)23/h1-10,17H,11H2,(H,26,27). The lowest BCUT2D eigenvalue weighted by Gasteiger charge is -2.17. The SMILES string of the molecule is O=C(O)C(Oc1ccc(Cl)cc1-c1ccn(CC(F)(F)F)n1)c1ccccc1. The zero-order chi connectivity index (χ0) is 20.3. The predicted molar refractivity (Wildman–Crippen MR) is 96.2 cm³/mol. The number of hydrogen-bond acceptors (Lipinski definition) is 3. The van der Waals surface area contributed by atoms with Crippen molar-refractivity contribution in [1.82, 2.24) is 9.78 Å². The van der Waals surface area contributed by atoms with E-state index in [2.05, 4.69) is 5.10 Å². The topological polar surface area (TPSA) is 64.3 Å². The number of carboxylic acids is 1. The Morgan fingerprint density at radius 1 is 1.18 bits per heavy atom. The Morgan fingerprint density at radius 3 is 2.54 bits per heavy atom. The van der Waals surface area contributed by atoms with Crippen LogP contribution in [-0.2, 0) is 11.3 Å². The molecule has 2 aromatic carbocycles. The minimum atomic E-state index is -4.42. The molecule has 5 nitrogen and oxygen atoms in total. The summed E-state index contributed by atoms with van der Waals surface area (Å²) in [6.07, 6.45) is -4.55. The van der Waals surface area contributed by atoms with Crippen molar-refractivity contribution in [3.63, 3.8) is 0 Å². The van der Waals surface area contributed by atoms with Gasteiger partial charge in [0.05, 0.1) is 5.69 Å². The van der Waals surface area contributed by atoms with Gasteiger partial charge in [-0.15, -0.1) is 0 Å². The summed E-state index contributed by atoms with van der Waals surface area (Å²) in [6, 6.07) is 14.1. The van der Waals surface area contributed by atoms with Gasteiger partial charge in [0.1, 0.15) is 12.3 Å². The maximum absolute atomic E-state index is 12.6. The molecule has 0 radical (unpaired) electrons. The molecule has 0 saturated carbocycles. The van der Waals surface area contributed by atoms with Crippen LogP contribution in [0.5, 0.6) is 5.75 Å². The molecule has 9 heteroatoms. The fourth-order valence-corrected chi connectivity index (χ4v) is 2.77. The van der Waals surface area contributed by atoms with Crippen molar-refractivity contribution in [3.05, 3.63) is 71.4 Å². The van der Waals surface area contributed by atoms with Crippen LogP contribution >= 0.6 is 11.6 Å². The minimum absolute atomic E-state index is 0.137. The number of rotatable bonds is 6. The molecule has 3 rings (SSSR count). The Morgan fingerprint density at radius 2 is 1.89 bits per heavy atom. The van der Waals surface area contributed by atoms with Crippen molar-refractivity contribution in [1.29, 1.82) is 0 Å².